The van der Waals surface area contributed by atoms with Gasteiger partial charge in [0.2, 0.25) is 0 Å². The second-order valence-electron chi connectivity index (χ2n) is 5.47. The Morgan fingerprint density at radius 1 is 0.957 bits per heavy atom. The van der Waals surface area contributed by atoms with Gasteiger partial charge in [0.15, 0.2) is 11.5 Å². The smallest absolute Gasteiger partial charge is 0.161 e. The molecule has 1 aliphatic heterocycles. The zero-order valence-electron chi connectivity index (χ0n) is 12.7. The molecule has 0 radical (unpaired) electrons. The van der Waals surface area contributed by atoms with E-state index in [1.807, 2.05) is 18.3 Å². The number of nitrogens with two attached hydrogens (primary N) is 1. The predicted molar refractivity (Wildman–Crippen MR) is 94.7 cm³/mol. The predicted octanol–water partition coefficient (Wildman–Crippen LogP) is 3.53. The molecule has 2 aromatic carbocycles. The molecule has 4 rings (SSSR count). The molecule has 0 saturated carbocycles. The lowest BCUT2D eigenvalue weighted by atomic mass is 10.0. The third-order valence-corrected chi connectivity index (χ3v) is 4.06. The molecule has 0 saturated heterocycles. The lowest BCUT2D eigenvalue weighted by Crippen LogP contribution is -2.15. The summed E-state index contributed by atoms with van der Waals surface area (Å²) in [6.45, 7) is 1.87. The molecule has 0 unspecified atom stereocenters. The van der Waals surface area contributed by atoms with Gasteiger partial charge in [0, 0.05) is 17.1 Å². The van der Waals surface area contributed by atoms with Crippen molar-refractivity contribution in [2.75, 3.05) is 19.8 Å². The van der Waals surface area contributed by atoms with Crippen LogP contribution >= 0.6 is 12.4 Å². The first-order valence-corrected chi connectivity index (χ1v) is 7.55. The van der Waals surface area contributed by atoms with Crippen molar-refractivity contribution in [1.82, 2.24) is 4.98 Å². The molecule has 120 valence electrons. The van der Waals surface area contributed by atoms with E-state index in [-0.39, 0.29) is 12.4 Å². The minimum absolute atomic E-state index is 0. The molecular weight excluding hydrogens is 312 g/mol. The summed E-state index contributed by atoms with van der Waals surface area (Å²) in [6, 6.07) is 12.5. The third kappa shape index (κ3) is 2.87. The number of halogens is 1. The lowest BCUT2D eigenvalue weighted by Gasteiger charge is -2.19. The Morgan fingerprint density at radius 2 is 1.70 bits per heavy atom. The van der Waals surface area contributed by atoms with Crippen LogP contribution in [0.1, 0.15) is 5.56 Å². The van der Waals surface area contributed by atoms with Gasteiger partial charge in [0.25, 0.3) is 0 Å². The van der Waals surface area contributed by atoms with Gasteiger partial charge in [-0.1, -0.05) is 12.1 Å². The first-order valence-electron chi connectivity index (χ1n) is 7.55. The van der Waals surface area contributed by atoms with Crippen LogP contribution < -0.4 is 15.2 Å². The summed E-state index contributed by atoms with van der Waals surface area (Å²) in [6.07, 6.45) is 2.93. The molecule has 3 N–H and O–H groups in total. The molecule has 23 heavy (non-hydrogen) atoms. The fourth-order valence-corrected chi connectivity index (χ4v) is 2.94. The van der Waals surface area contributed by atoms with Crippen LogP contribution in [0.5, 0.6) is 11.5 Å². The minimum atomic E-state index is 0. The second-order valence-corrected chi connectivity index (χ2v) is 5.47. The minimum Gasteiger partial charge on any atom is -0.486 e. The van der Waals surface area contributed by atoms with Gasteiger partial charge < -0.3 is 20.2 Å². The Hall–Kier alpha value is -2.17. The normalized spacial score (nSPS) is 12.9. The molecule has 0 fully saturated rings. The zero-order valence-corrected chi connectivity index (χ0v) is 13.5. The Morgan fingerprint density at radius 3 is 2.52 bits per heavy atom. The summed E-state index contributed by atoms with van der Waals surface area (Å²) in [5.41, 5.74) is 10.4. The Labute approximate surface area is 141 Å². The van der Waals surface area contributed by atoms with Crippen molar-refractivity contribution in [1.29, 1.82) is 0 Å². The number of benzene rings is 2. The Bertz CT molecular complexity index is 829. The number of aromatic amines is 1. The number of ether oxygens (including phenoxy) is 2. The van der Waals surface area contributed by atoms with Crippen LogP contribution in [0, 0.1) is 0 Å². The van der Waals surface area contributed by atoms with Crippen molar-refractivity contribution in [3.63, 3.8) is 0 Å². The molecular formula is C18H19ClN2O2. The number of nitrogens with one attached hydrogen (secondary N) is 1. The van der Waals surface area contributed by atoms with E-state index in [2.05, 4.69) is 29.2 Å². The van der Waals surface area contributed by atoms with Crippen LogP contribution in [0.15, 0.2) is 42.6 Å². The molecule has 1 aromatic heterocycles. The molecule has 5 heteroatoms. The SMILES string of the molecule is Cl.NCCc1c[nH]c2ccc(-c3ccc4c(c3)OCCO4)cc12. The fraction of sp³-hybridized carbons (Fsp3) is 0.222. The zero-order chi connectivity index (χ0) is 14.9. The van der Waals surface area contributed by atoms with E-state index in [9.17, 15) is 0 Å². The molecule has 2 heterocycles. The standard InChI is InChI=1S/C18H18N2O2.ClH/c19-6-5-14-11-20-16-3-1-12(9-15(14)16)13-2-4-17-18(10-13)22-8-7-21-17;/h1-4,9-11,20H,5-8,19H2;1H. The van der Waals surface area contributed by atoms with Gasteiger partial charge in [-0.15, -0.1) is 12.4 Å². The van der Waals surface area contributed by atoms with Gasteiger partial charge in [-0.3, -0.25) is 0 Å². The van der Waals surface area contributed by atoms with Gasteiger partial charge in [0.05, 0.1) is 0 Å². The van der Waals surface area contributed by atoms with Gasteiger partial charge >= 0.3 is 0 Å². The molecule has 0 amide bonds. The Kier molecular flexibility index (Phi) is 4.46. The van der Waals surface area contributed by atoms with E-state index in [4.69, 9.17) is 15.2 Å². The van der Waals surface area contributed by atoms with Crippen LogP contribution in [-0.2, 0) is 6.42 Å². The van der Waals surface area contributed by atoms with Crippen molar-refractivity contribution in [3.05, 3.63) is 48.2 Å². The van der Waals surface area contributed by atoms with E-state index < -0.39 is 0 Å². The van der Waals surface area contributed by atoms with Crippen molar-refractivity contribution >= 4 is 23.3 Å². The topological polar surface area (TPSA) is 60.3 Å². The third-order valence-electron chi connectivity index (χ3n) is 4.06. The van der Waals surface area contributed by atoms with Gasteiger partial charge in [-0.2, -0.15) is 0 Å². The highest BCUT2D eigenvalue weighted by Gasteiger charge is 2.13. The van der Waals surface area contributed by atoms with Crippen LogP contribution in [0.25, 0.3) is 22.0 Å². The number of rotatable bonds is 3. The van der Waals surface area contributed by atoms with E-state index >= 15 is 0 Å². The molecule has 3 aromatic rings. The molecule has 0 bridgehead atoms. The maximum atomic E-state index is 5.69. The van der Waals surface area contributed by atoms with E-state index in [0.717, 1.165) is 29.0 Å². The first-order chi connectivity index (χ1) is 10.8. The highest BCUT2D eigenvalue weighted by Crippen LogP contribution is 2.35. The van der Waals surface area contributed by atoms with Crippen LogP contribution in [0.4, 0.5) is 0 Å². The summed E-state index contributed by atoms with van der Waals surface area (Å²) in [5, 5.41) is 1.23. The number of hydrogen-bond acceptors (Lipinski definition) is 3. The van der Waals surface area contributed by atoms with E-state index in [1.54, 1.807) is 0 Å². The molecule has 0 atom stereocenters. The number of aromatic nitrogens is 1. The second kappa shape index (κ2) is 6.52. The van der Waals surface area contributed by atoms with E-state index in [0.29, 0.717) is 19.8 Å². The van der Waals surface area contributed by atoms with Crippen molar-refractivity contribution in [2.24, 2.45) is 5.73 Å². The molecule has 0 aliphatic carbocycles. The summed E-state index contributed by atoms with van der Waals surface area (Å²) in [5.74, 6) is 1.64. The van der Waals surface area contributed by atoms with Crippen LogP contribution in [0.2, 0.25) is 0 Å². The monoisotopic (exact) mass is 330 g/mol. The van der Waals surface area contributed by atoms with E-state index in [1.165, 1.54) is 16.5 Å². The summed E-state index contributed by atoms with van der Waals surface area (Å²) in [7, 11) is 0. The largest absolute Gasteiger partial charge is 0.486 e. The fourth-order valence-electron chi connectivity index (χ4n) is 2.94. The summed E-state index contributed by atoms with van der Waals surface area (Å²) < 4.78 is 11.3. The maximum absolute atomic E-state index is 5.69. The highest BCUT2D eigenvalue weighted by atomic mass is 35.5. The van der Waals surface area contributed by atoms with Crippen molar-refractivity contribution in [3.8, 4) is 22.6 Å². The number of H-pyrrole nitrogens is 1. The lowest BCUT2D eigenvalue weighted by molar-refractivity contribution is 0.171. The van der Waals surface area contributed by atoms with Crippen LogP contribution in [0.3, 0.4) is 0 Å². The number of fused-ring (bicyclic) bond motifs is 2. The average Bonchev–Trinajstić information content (AvgIpc) is 2.97. The summed E-state index contributed by atoms with van der Waals surface area (Å²) in [4.78, 5) is 3.30. The molecule has 0 spiro atoms. The van der Waals surface area contributed by atoms with Crippen LogP contribution in [-0.4, -0.2) is 24.7 Å². The van der Waals surface area contributed by atoms with Crippen molar-refractivity contribution < 1.29 is 9.47 Å². The molecule has 1 aliphatic rings. The van der Waals surface area contributed by atoms with Gasteiger partial charge in [-0.25, -0.2) is 0 Å². The maximum Gasteiger partial charge on any atom is 0.161 e. The number of hydrogen-bond donors (Lipinski definition) is 2. The van der Waals surface area contributed by atoms with Crippen molar-refractivity contribution in [2.45, 2.75) is 6.42 Å². The first kappa shape index (κ1) is 15.7. The molecule has 4 nitrogen and oxygen atoms in total. The summed E-state index contributed by atoms with van der Waals surface area (Å²) >= 11 is 0. The average molecular weight is 331 g/mol. The Balaban J connectivity index is 0.00000156. The van der Waals surface area contributed by atoms with Gasteiger partial charge in [0.1, 0.15) is 13.2 Å². The van der Waals surface area contributed by atoms with Gasteiger partial charge in [-0.05, 0) is 53.9 Å². The quantitative estimate of drug-likeness (QED) is 0.772. The highest BCUT2D eigenvalue weighted by molar-refractivity contribution is 5.88.